The highest BCUT2D eigenvalue weighted by Crippen LogP contribution is 2.69. The van der Waals surface area contributed by atoms with Crippen LogP contribution in [-0.4, -0.2) is 165 Å². The van der Waals surface area contributed by atoms with Crippen molar-refractivity contribution in [1.29, 1.82) is 0 Å². The lowest BCUT2D eigenvalue weighted by Gasteiger charge is -2.64. The van der Waals surface area contributed by atoms with Crippen LogP contribution in [0.3, 0.4) is 0 Å². The molecular weight excluding hydrogens is 720 g/mol. The second kappa shape index (κ2) is 18.3. The van der Waals surface area contributed by atoms with Crippen molar-refractivity contribution in [3.8, 4) is 0 Å². The van der Waals surface area contributed by atoms with Crippen LogP contribution in [0.2, 0.25) is 0 Å². The number of hydrogen-bond acceptors (Lipinski definition) is 15. The first-order valence-corrected chi connectivity index (χ1v) is 21.0. The molecule has 15 nitrogen and oxygen atoms in total. The van der Waals surface area contributed by atoms with E-state index < -0.39 is 74.6 Å². The molecule has 4 saturated carbocycles. The molecule has 15 heteroatoms. The lowest BCUT2D eigenvalue weighted by Crippen LogP contribution is -2.63. The van der Waals surface area contributed by atoms with Crippen molar-refractivity contribution in [2.75, 3.05) is 39.6 Å². The lowest BCUT2D eigenvalue weighted by molar-refractivity contribution is -0.305. The molecule has 3 unspecified atom stereocenters. The molecule has 0 aromatic heterocycles. The molecule has 0 aromatic carbocycles. The Hall–Kier alpha value is -0.600. The van der Waals surface area contributed by atoms with Crippen LogP contribution in [0.4, 0.5) is 0 Å². The maximum Gasteiger partial charge on any atom is 0.186 e. The fourth-order valence-electron chi connectivity index (χ4n) is 12.3. The maximum atomic E-state index is 10.9. The molecule has 0 radical (unpaired) electrons. The van der Waals surface area contributed by atoms with E-state index in [1.807, 2.05) is 0 Å². The summed E-state index contributed by atoms with van der Waals surface area (Å²) in [5.74, 6) is 1.93. The fraction of sp³-hybridized carbons (Fsp3) is 1.00. The molecule has 6 fully saturated rings. The summed E-state index contributed by atoms with van der Waals surface area (Å²) in [6.45, 7) is 8.90. The summed E-state index contributed by atoms with van der Waals surface area (Å²) in [7, 11) is 0. The van der Waals surface area contributed by atoms with Gasteiger partial charge in [-0.25, -0.2) is 0 Å². The van der Waals surface area contributed by atoms with E-state index in [-0.39, 0.29) is 73.3 Å². The molecule has 2 aliphatic heterocycles. The summed E-state index contributed by atoms with van der Waals surface area (Å²) in [5.41, 5.74) is -0.204. The number of fused-ring (bicyclic) bond motifs is 5. The maximum absolute atomic E-state index is 10.9. The second-order valence-corrected chi connectivity index (χ2v) is 18.1. The third kappa shape index (κ3) is 8.43. The number of hydrogen-bond donors (Lipinski definition) is 9. The summed E-state index contributed by atoms with van der Waals surface area (Å²) in [6, 6.07) is 0. The van der Waals surface area contributed by atoms with Crippen LogP contribution in [0.5, 0.6) is 0 Å². The Balaban J connectivity index is 1.19. The Labute approximate surface area is 325 Å². The van der Waals surface area contributed by atoms with E-state index in [2.05, 4.69) is 27.7 Å². The van der Waals surface area contributed by atoms with Crippen molar-refractivity contribution >= 4 is 0 Å². The number of aliphatic hydroxyl groups excluding tert-OH is 9. The Bertz CT molecular complexity index is 1210. The van der Waals surface area contributed by atoms with E-state index in [4.69, 9.17) is 28.4 Å². The normalized spacial score (nSPS) is 50.6. The molecule has 6 aliphatic rings. The standard InChI is InChI=1S/C40H70O15/c1-5-6-20(2)23-7-8-24-30-25(17-29(40(23,24)4)51-12-14-53-38-36(49)34(47)32(45)28(19-42)55-38)39(3)10-9-22(43)15-21(39)16-26(30)50-11-13-52-37-35(48)33(46)31(44)27(18-41)54-37/h20-38,41-49H,5-19H2,1-4H3/t20-,21?,22-,23-,24+,25+,26-,27-,28-,29+,30+,31-,32-,33+,34+,35-,36-,37?,38?,39+,40-/m1/s1. The Morgan fingerprint density at radius 3 is 1.78 bits per heavy atom. The van der Waals surface area contributed by atoms with Crippen LogP contribution >= 0.6 is 0 Å². The van der Waals surface area contributed by atoms with Gasteiger partial charge >= 0.3 is 0 Å². The van der Waals surface area contributed by atoms with Gasteiger partial charge in [0.25, 0.3) is 0 Å². The van der Waals surface area contributed by atoms with E-state index in [1.54, 1.807) is 0 Å². The molecule has 4 aliphatic carbocycles. The van der Waals surface area contributed by atoms with Gasteiger partial charge in [-0.15, -0.1) is 0 Å². The van der Waals surface area contributed by atoms with Crippen molar-refractivity contribution in [2.24, 2.45) is 46.3 Å². The van der Waals surface area contributed by atoms with Gasteiger partial charge < -0.3 is 74.4 Å². The van der Waals surface area contributed by atoms with Gasteiger partial charge in [0, 0.05) is 5.41 Å². The number of rotatable bonds is 15. The van der Waals surface area contributed by atoms with Crippen molar-refractivity contribution in [2.45, 2.75) is 165 Å². The SMILES string of the molecule is CCC[C@@H](C)[C@H]1CC[C@H]2[C@@H]3[C@H](OCCOC4O[C@H](CO)[C@@H](O)[C@H](O)[C@H]4O)CC4C[C@H](O)CC[C@]4(C)[C@H]3C[C@H](OCCOC3O[C@H](CO)[C@@H](O)[C@H](O)[C@H]3O)[C@]12C. The molecule has 0 amide bonds. The zero-order valence-corrected chi connectivity index (χ0v) is 33.1. The Kier molecular flexibility index (Phi) is 14.7. The minimum Gasteiger partial charge on any atom is -0.394 e. The van der Waals surface area contributed by atoms with Crippen molar-refractivity contribution in [1.82, 2.24) is 0 Å². The highest BCUT2D eigenvalue weighted by atomic mass is 16.7. The van der Waals surface area contributed by atoms with Crippen molar-refractivity contribution < 1.29 is 74.4 Å². The topological polar surface area (TPSA) is 237 Å². The molecule has 0 bridgehead atoms. The summed E-state index contributed by atoms with van der Waals surface area (Å²) < 4.78 is 36.5. The van der Waals surface area contributed by atoms with Gasteiger partial charge in [-0.2, -0.15) is 0 Å². The smallest absolute Gasteiger partial charge is 0.186 e. The molecule has 6 rings (SSSR count). The average molecular weight is 791 g/mol. The van der Waals surface area contributed by atoms with Gasteiger partial charge in [0.1, 0.15) is 48.8 Å². The molecule has 2 saturated heterocycles. The predicted octanol–water partition coefficient (Wildman–Crippen LogP) is 0.0656. The van der Waals surface area contributed by atoms with E-state index in [0.717, 1.165) is 51.4 Å². The summed E-state index contributed by atoms with van der Waals surface area (Å²) in [6.07, 6.45) is -5.73. The second-order valence-electron chi connectivity index (χ2n) is 18.1. The van der Waals surface area contributed by atoms with Crippen LogP contribution in [0.15, 0.2) is 0 Å². The Morgan fingerprint density at radius 1 is 0.655 bits per heavy atom. The van der Waals surface area contributed by atoms with Gasteiger partial charge in [0.15, 0.2) is 12.6 Å². The van der Waals surface area contributed by atoms with Crippen molar-refractivity contribution in [3.05, 3.63) is 0 Å². The van der Waals surface area contributed by atoms with Crippen LogP contribution < -0.4 is 0 Å². The molecule has 2 heterocycles. The zero-order chi connectivity index (χ0) is 39.8. The first kappa shape index (κ1) is 44.0. The van der Waals surface area contributed by atoms with E-state index in [9.17, 15) is 46.0 Å². The van der Waals surface area contributed by atoms with Gasteiger partial charge in [0.2, 0.25) is 0 Å². The monoisotopic (exact) mass is 790 g/mol. The third-order valence-corrected chi connectivity index (χ3v) is 15.3. The Morgan fingerprint density at radius 2 is 1.22 bits per heavy atom. The highest BCUT2D eigenvalue weighted by molar-refractivity contribution is 5.15. The quantitative estimate of drug-likeness (QED) is 0.0999. The molecular formula is C40H70O15. The molecule has 320 valence electrons. The summed E-state index contributed by atoms with van der Waals surface area (Å²) in [5, 5.41) is 91.9. The van der Waals surface area contributed by atoms with Gasteiger partial charge in [0.05, 0.1) is 58.0 Å². The van der Waals surface area contributed by atoms with E-state index in [1.165, 1.54) is 0 Å². The average Bonchev–Trinajstić information content (AvgIpc) is 3.53. The van der Waals surface area contributed by atoms with Gasteiger partial charge in [-0.3, -0.25) is 0 Å². The largest absolute Gasteiger partial charge is 0.394 e. The fourth-order valence-corrected chi connectivity index (χ4v) is 12.3. The molecule has 0 spiro atoms. The number of aliphatic hydroxyl groups is 9. The van der Waals surface area contributed by atoms with E-state index in [0.29, 0.717) is 24.2 Å². The predicted molar refractivity (Wildman–Crippen MR) is 195 cm³/mol. The summed E-state index contributed by atoms with van der Waals surface area (Å²) >= 11 is 0. The van der Waals surface area contributed by atoms with Gasteiger partial charge in [-0.05, 0) is 85.9 Å². The van der Waals surface area contributed by atoms with Crippen LogP contribution in [0.1, 0.15) is 85.5 Å². The zero-order valence-electron chi connectivity index (χ0n) is 33.1. The first-order valence-electron chi connectivity index (χ1n) is 21.0. The molecule has 0 aromatic rings. The van der Waals surface area contributed by atoms with Gasteiger partial charge in [-0.1, -0.05) is 40.5 Å². The lowest BCUT2D eigenvalue weighted by atomic mass is 9.43. The van der Waals surface area contributed by atoms with Crippen LogP contribution in [0.25, 0.3) is 0 Å². The van der Waals surface area contributed by atoms with Crippen LogP contribution in [-0.2, 0) is 28.4 Å². The molecule has 9 N–H and O–H groups in total. The highest BCUT2D eigenvalue weighted by Gasteiger charge is 2.66. The first-order chi connectivity index (χ1) is 26.2. The van der Waals surface area contributed by atoms with Crippen LogP contribution in [0, 0.1) is 46.3 Å². The minimum atomic E-state index is -1.52. The molecule has 55 heavy (non-hydrogen) atoms. The summed E-state index contributed by atoms with van der Waals surface area (Å²) in [4.78, 5) is 0. The minimum absolute atomic E-state index is 0.0283. The number of ether oxygens (including phenoxy) is 6. The third-order valence-electron chi connectivity index (χ3n) is 15.3. The molecule has 21 atom stereocenters. The van der Waals surface area contributed by atoms with Crippen molar-refractivity contribution in [3.63, 3.8) is 0 Å². The van der Waals surface area contributed by atoms with E-state index >= 15 is 0 Å².